The Morgan fingerprint density at radius 1 is 1.32 bits per heavy atom. The molecule has 0 fully saturated rings. The summed E-state index contributed by atoms with van der Waals surface area (Å²) in [6, 6.07) is 3.23. The van der Waals surface area contributed by atoms with Crippen molar-refractivity contribution in [3.8, 4) is 5.75 Å². The van der Waals surface area contributed by atoms with Crippen LogP contribution in [0.25, 0.3) is 0 Å². The van der Waals surface area contributed by atoms with Crippen molar-refractivity contribution in [1.29, 1.82) is 0 Å². The number of phenols is 1. The number of rotatable bonds is 4. The maximum Gasteiger partial charge on any atom is 0.416 e. The second-order valence-electron chi connectivity index (χ2n) is 4.48. The lowest BCUT2D eigenvalue weighted by Gasteiger charge is -2.11. The number of sulfonamides is 1. The molecule has 0 bridgehead atoms. The molecular weight excluding hydrogens is 323 g/mol. The molecule has 0 radical (unpaired) electrons. The van der Waals surface area contributed by atoms with Gasteiger partial charge in [0.25, 0.3) is 0 Å². The number of aryl methyl sites for hydroxylation is 1. The molecule has 2 rings (SSSR count). The second kappa shape index (κ2) is 5.61. The predicted octanol–water partition coefficient (Wildman–Crippen LogP) is 1.62. The van der Waals surface area contributed by atoms with Gasteiger partial charge in [-0.3, -0.25) is 4.68 Å². The predicted molar refractivity (Wildman–Crippen MR) is 70.3 cm³/mol. The van der Waals surface area contributed by atoms with Crippen molar-refractivity contribution in [2.24, 2.45) is 7.05 Å². The Balaban J connectivity index is 2.29. The molecule has 0 aliphatic heterocycles. The third-order valence-electron chi connectivity index (χ3n) is 2.89. The van der Waals surface area contributed by atoms with Gasteiger partial charge in [-0.05, 0) is 24.3 Å². The monoisotopic (exact) mass is 335 g/mol. The molecule has 120 valence electrons. The molecule has 0 atom stereocenters. The van der Waals surface area contributed by atoms with E-state index in [-0.39, 0.29) is 6.54 Å². The summed E-state index contributed by atoms with van der Waals surface area (Å²) in [6.45, 7) is -0.143. The van der Waals surface area contributed by atoms with Gasteiger partial charge in [0.05, 0.1) is 22.7 Å². The second-order valence-corrected chi connectivity index (χ2v) is 6.25. The number of halogens is 3. The van der Waals surface area contributed by atoms with Crippen LogP contribution >= 0.6 is 0 Å². The van der Waals surface area contributed by atoms with Gasteiger partial charge in [-0.2, -0.15) is 18.3 Å². The molecule has 0 aliphatic carbocycles. The number of hydrogen-bond acceptors (Lipinski definition) is 4. The lowest BCUT2D eigenvalue weighted by Crippen LogP contribution is -2.24. The van der Waals surface area contributed by atoms with Crippen LogP contribution in [0.2, 0.25) is 0 Å². The average molecular weight is 335 g/mol. The molecule has 1 aromatic carbocycles. The Kier molecular flexibility index (Phi) is 4.16. The lowest BCUT2D eigenvalue weighted by atomic mass is 10.2. The fourth-order valence-electron chi connectivity index (χ4n) is 1.73. The number of hydrogen-bond donors (Lipinski definition) is 2. The van der Waals surface area contributed by atoms with E-state index in [0.29, 0.717) is 17.8 Å². The summed E-state index contributed by atoms with van der Waals surface area (Å²) in [4.78, 5) is -0.665. The van der Waals surface area contributed by atoms with Gasteiger partial charge in [-0.15, -0.1) is 0 Å². The van der Waals surface area contributed by atoms with Crippen molar-refractivity contribution in [2.45, 2.75) is 17.6 Å². The molecule has 0 unspecified atom stereocenters. The third-order valence-corrected chi connectivity index (χ3v) is 4.28. The van der Waals surface area contributed by atoms with E-state index in [1.807, 2.05) is 0 Å². The highest BCUT2D eigenvalue weighted by atomic mass is 32.2. The maximum absolute atomic E-state index is 12.7. The first-order valence-corrected chi connectivity index (χ1v) is 7.46. The number of nitrogens with zero attached hydrogens (tertiary/aromatic N) is 2. The van der Waals surface area contributed by atoms with Crippen molar-refractivity contribution in [2.75, 3.05) is 0 Å². The van der Waals surface area contributed by atoms with Crippen molar-refractivity contribution >= 4 is 10.0 Å². The summed E-state index contributed by atoms with van der Waals surface area (Å²) < 4.78 is 65.7. The fraction of sp³-hybridized carbons (Fsp3) is 0.250. The first-order valence-electron chi connectivity index (χ1n) is 5.97. The van der Waals surface area contributed by atoms with Gasteiger partial charge in [-0.25, -0.2) is 13.1 Å². The summed E-state index contributed by atoms with van der Waals surface area (Å²) in [5, 5.41) is 13.2. The Hall–Kier alpha value is -2.07. The minimum Gasteiger partial charge on any atom is -0.508 e. The van der Waals surface area contributed by atoms with Gasteiger partial charge in [0.2, 0.25) is 10.0 Å². The van der Waals surface area contributed by atoms with E-state index in [4.69, 9.17) is 0 Å². The van der Waals surface area contributed by atoms with E-state index >= 15 is 0 Å². The van der Waals surface area contributed by atoms with Gasteiger partial charge in [0.15, 0.2) is 0 Å². The molecule has 2 aromatic rings. The first-order chi connectivity index (χ1) is 10.1. The van der Waals surface area contributed by atoms with Crippen molar-refractivity contribution in [3.63, 3.8) is 0 Å². The minimum atomic E-state index is -4.76. The highest BCUT2D eigenvalue weighted by molar-refractivity contribution is 7.89. The highest BCUT2D eigenvalue weighted by Crippen LogP contribution is 2.33. The van der Waals surface area contributed by atoms with E-state index in [1.165, 1.54) is 10.9 Å². The van der Waals surface area contributed by atoms with Crippen LogP contribution in [0.4, 0.5) is 13.2 Å². The van der Waals surface area contributed by atoms with Crippen LogP contribution in [0.15, 0.2) is 35.4 Å². The summed E-state index contributed by atoms with van der Waals surface area (Å²) >= 11 is 0. The van der Waals surface area contributed by atoms with E-state index in [0.717, 1.165) is 6.07 Å². The molecule has 0 saturated carbocycles. The molecule has 0 saturated heterocycles. The number of benzene rings is 1. The van der Waals surface area contributed by atoms with Gasteiger partial charge in [0.1, 0.15) is 5.75 Å². The zero-order valence-electron chi connectivity index (χ0n) is 11.3. The quantitative estimate of drug-likeness (QED) is 0.889. The smallest absolute Gasteiger partial charge is 0.416 e. The Bertz CT molecular complexity index is 784. The molecule has 2 N–H and O–H groups in total. The van der Waals surface area contributed by atoms with E-state index in [9.17, 15) is 26.7 Å². The number of nitrogens with one attached hydrogen (secondary N) is 1. The summed E-state index contributed by atoms with van der Waals surface area (Å²) in [5.41, 5.74) is -0.715. The SMILES string of the molecule is Cn1nccc1CNS(=O)(=O)c1cc(O)cc(C(F)(F)F)c1. The third kappa shape index (κ3) is 3.57. The topological polar surface area (TPSA) is 84.2 Å². The van der Waals surface area contributed by atoms with Crippen LogP contribution in [-0.4, -0.2) is 23.3 Å². The minimum absolute atomic E-state index is 0.143. The zero-order valence-corrected chi connectivity index (χ0v) is 12.1. The van der Waals surface area contributed by atoms with E-state index < -0.39 is 32.4 Å². The van der Waals surface area contributed by atoms with Crippen molar-refractivity contribution < 1.29 is 26.7 Å². The molecule has 1 aromatic heterocycles. The molecule has 6 nitrogen and oxygen atoms in total. The van der Waals surface area contributed by atoms with Crippen LogP contribution in [0.5, 0.6) is 5.75 Å². The van der Waals surface area contributed by atoms with Crippen LogP contribution in [0, 0.1) is 0 Å². The normalized spacial score (nSPS) is 12.5. The molecule has 22 heavy (non-hydrogen) atoms. The standard InChI is InChI=1S/C12H12F3N3O3S/c1-18-9(2-3-16-18)7-17-22(20,21)11-5-8(12(13,14)15)4-10(19)6-11/h2-6,17,19H,7H2,1H3. The van der Waals surface area contributed by atoms with Gasteiger partial charge in [0, 0.05) is 13.2 Å². The fourth-order valence-corrected chi connectivity index (χ4v) is 2.79. The Morgan fingerprint density at radius 3 is 2.55 bits per heavy atom. The first kappa shape index (κ1) is 16.3. The summed E-state index contributed by atoms with van der Waals surface area (Å²) in [5.74, 6) is -0.782. The highest BCUT2D eigenvalue weighted by Gasteiger charge is 2.32. The number of phenolic OH excluding ortho intramolecular Hbond substituents is 1. The molecule has 1 heterocycles. The molecule has 0 spiro atoms. The van der Waals surface area contributed by atoms with Crippen LogP contribution in [-0.2, 0) is 29.8 Å². The van der Waals surface area contributed by atoms with Gasteiger partial charge in [-0.1, -0.05) is 0 Å². The largest absolute Gasteiger partial charge is 0.508 e. The van der Waals surface area contributed by atoms with E-state index in [2.05, 4.69) is 9.82 Å². The Morgan fingerprint density at radius 2 is 2.00 bits per heavy atom. The number of aromatic nitrogens is 2. The molecule has 10 heteroatoms. The van der Waals surface area contributed by atoms with Crippen LogP contribution < -0.4 is 4.72 Å². The van der Waals surface area contributed by atoms with Crippen molar-refractivity contribution in [3.05, 3.63) is 41.7 Å². The van der Waals surface area contributed by atoms with Crippen molar-refractivity contribution in [1.82, 2.24) is 14.5 Å². The molecular formula is C12H12F3N3O3S. The number of aromatic hydroxyl groups is 1. The summed E-state index contributed by atoms with van der Waals surface area (Å²) in [7, 11) is -2.61. The van der Waals surface area contributed by atoms with E-state index in [1.54, 1.807) is 13.1 Å². The van der Waals surface area contributed by atoms with Crippen LogP contribution in [0.3, 0.4) is 0 Å². The summed E-state index contributed by atoms with van der Waals surface area (Å²) in [6.07, 6.45) is -3.30. The molecule has 0 aliphatic rings. The number of alkyl halides is 3. The van der Waals surface area contributed by atoms with Crippen LogP contribution in [0.1, 0.15) is 11.3 Å². The Labute approximate surface area is 124 Å². The lowest BCUT2D eigenvalue weighted by molar-refractivity contribution is -0.137. The maximum atomic E-state index is 12.7. The van der Waals surface area contributed by atoms with Gasteiger partial charge < -0.3 is 5.11 Å². The average Bonchev–Trinajstić information content (AvgIpc) is 2.80. The zero-order chi connectivity index (χ0) is 16.5. The van der Waals surface area contributed by atoms with Gasteiger partial charge >= 0.3 is 6.18 Å². The molecule has 0 amide bonds.